The standard InChI is InChI=1S/C70H131O24P/c1-4-7-10-13-16-19-22-25-28-30-33-36-39-42-45-55(73)87-50-53-58(76)60(78)65(83)70(91-53)93-67-63(81)61(79)62(80)66(92-69-64(82)59(77)57(75)52(47-71)90-69)68(67)94-95(84,85)88-49-51(89-56(74)46-43-40-37-34-31-27-24-21-18-15-12-9-6-3)48-86-54(72)44-41-38-35-32-29-26-23-20-17-14-11-8-5-2/h51-53,57-71,75-83H,4-50H2,1-3H3,(H,84,85). The molecule has 0 aromatic carbocycles. The van der Waals surface area contributed by atoms with Gasteiger partial charge in [0.05, 0.1) is 13.2 Å². The van der Waals surface area contributed by atoms with Crippen molar-refractivity contribution in [2.75, 3.05) is 26.4 Å². The molecule has 25 heteroatoms. The van der Waals surface area contributed by atoms with Crippen molar-refractivity contribution in [1.82, 2.24) is 0 Å². The van der Waals surface area contributed by atoms with E-state index in [4.69, 9.17) is 42.2 Å². The molecule has 0 spiro atoms. The fraction of sp³-hybridized carbons (Fsp3) is 0.957. The third kappa shape index (κ3) is 36.4. The number of aliphatic hydroxyl groups is 10. The Hall–Kier alpha value is -2.04. The van der Waals surface area contributed by atoms with Crippen LogP contribution in [0.3, 0.4) is 0 Å². The summed E-state index contributed by atoms with van der Waals surface area (Å²) in [5.74, 6) is -1.97. The first-order valence-electron chi connectivity index (χ1n) is 37.3. The summed E-state index contributed by atoms with van der Waals surface area (Å²) in [5, 5.41) is 110. The maximum Gasteiger partial charge on any atom is 0.472 e. The zero-order valence-electron chi connectivity index (χ0n) is 58.2. The molecule has 0 bridgehead atoms. The van der Waals surface area contributed by atoms with E-state index in [1.807, 2.05) is 0 Å². The summed E-state index contributed by atoms with van der Waals surface area (Å²) in [5.41, 5.74) is 0. The number of phosphoric ester groups is 1. The molecule has 0 aromatic rings. The molecule has 3 aliphatic rings. The predicted octanol–water partition coefficient (Wildman–Crippen LogP) is 9.79. The number of carbonyl (C=O) groups is 3. The second kappa shape index (κ2) is 52.9. The van der Waals surface area contributed by atoms with E-state index in [2.05, 4.69) is 20.8 Å². The molecule has 11 N–H and O–H groups in total. The molecule has 0 radical (unpaired) electrons. The number of rotatable bonds is 58. The van der Waals surface area contributed by atoms with Crippen LogP contribution in [0.15, 0.2) is 0 Å². The Morgan fingerprint density at radius 2 is 0.674 bits per heavy atom. The van der Waals surface area contributed by atoms with E-state index < -0.39 is 156 Å². The van der Waals surface area contributed by atoms with Gasteiger partial charge < -0.3 is 89.1 Å². The van der Waals surface area contributed by atoms with Crippen LogP contribution in [-0.2, 0) is 61.2 Å². The Kier molecular flexibility index (Phi) is 48.5. The fourth-order valence-electron chi connectivity index (χ4n) is 12.5. The molecule has 18 unspecified atom stereocenters. The largest absolute Gasteiger partial charge is 0.472 e. The molecule has 24 nitrogen and oxygen atoms in total. The predicted molar refractivity (Wildman–Crippen MR) is 356 cm³/mol. The monoisotopic (exact) mass is 1390 g/mol. The normalized spacial score (nSPS) is 28.1. The van der Waals surface area contributed by atoms with Crippen LogP contribution < -0.4 is 0 Å². The molecule has 1 saturated carbocycles. The van der Waals surface area contributed by atoms with Gasteiger partial charge >= 0.3 is 25.7 Å². The lowest BCUT2D eigenvalue weighted by atomic mass is 9.84. The lowest BCUT2D eigenvalue weighted by molar-refractivity contribution is -0.360. The Labute approximate surface area is 568 Å². The lowest BCUT2D eigenvalue weighted by Gasteiger charge is -2.49. The van der Waals surface area contributed by atoms with Crippen molar-refractivity contribution in [3.05, 3.63) is 0 Å². The van der Waals surface area contributed by atoms with Gasteiger partial charge in [0.1, 0.15) is 98.7 Å². The highest BCUT2D eigenvalue weighted by molar-refractivity contribution is 7.47. The third-order valence-electron chi connectivity index (χ3n) is 18.6. The van der Waals surface area contributed by atoms with Crippen LogP contribution in [0.25, 0.3) is 0 Å². The van der Waals surface area contributed by atoms with E-state index in [-0.39, 0.29) is 19.3 Å². The van der Waals surface area contributed by atoms with Crippen LogP contribution in [0.4, 0.5) is 0 Å². The zero-order chi connectivity index (χ0) is 69.6. The Balaban J connectivity index is 1.74. The van der Waals surface area contributed by atoms with E-state index in [0.717, 1.165) is 89.9 Å². The number of unbranched alkanes of at least 4 members (excludes halogenated alkanes) is 37. The fourth-order valence-corrected chi connectivity index (χ4v) is 13.5. The molecule has 2 saturated heterocycles. The van der Waals surface area contributed by atoms with Gasteiger partial charge in [0.25, 0.3) is 0 Å². The van der Waals surface area contributed by atoms with E-state index in [9.17, 15) is 74.9 Å². The van der Waals surface area contributed by atoms with Crippen molar-refractivity contribution in [2.24, 2.45) is 0 Å². The smallest absolute Gasteiger partial charge is 0.463 e. The van der Waals surface area contributed by atoms with E-state index in [1.54, 1.807) is 0 Å². The molecule has 1 aliphatic carbocycles. The van der Waals surface area contributed by atoms with E-state index >= 15 is 0 Å². The van der Waals surface area contributed by atoms with E-state index in [0.29, 0.717) is 19.3 Å². The second-order valence-electron chi connectivity index (χ2n) is 27.0. The summed E-state index contributed by atoms with van der Waals surface area (Å²) in [6.07, 6.45) is 8.89. The average molecular weight is 1390 g/mol. The van der Waals surface area contributed by atoms with Gasteiger partial charge in [-0.1, -0.05) is 258 Å². The molecular formula is C70H131O24P. The Morgan fingerprint density at radius 3 is 1.03 bits per heavy atom. The minimum Gasteiger partial charge on any atom is -0.463 e. The highest BCUT2D eigenvalue weighted by Gasteiger charge is 2.58. The van der Waals surface area contributed by atoms with Gasteiger partial charge in [0.2, 0.25) is 0 Å². The highest BCUT2D eigenvalue weighted by Crippen LogP contribution is 2.49. The van der Waals surface area contributed by atoms with Crippen molar-refractivity contribution < 1.29 is 117 Å². The number of carbonyl (C=O) groups excluding carboxylic acids is 3. The molecule has 0 amide bonds. The molecule has 0 aromatic heterocycles. The highest BCUT2D eigenvalue weighted by atomic mass is 31.2. The van der Waals surface area contributed by atoms with Gasteiger partial charge in [-0.15, -0.1) is 0 Å². The minimum atomic E-state index is -5.69. The van der Waals surface area contributed by atoms with Gasteiger partial charge in [0.15, 0.2) is 18.7 Å². The van der Waals surface area contributed by atoms with Gasteiger partial charge in [-0.05, 0) is 19.3 Å². The summed E-state index contributed by atoms with van der Waals surface area (Å²) in [7, 11) is -5.69. The minimum absolute atomic E-state index is 0.0335. The molecule has 3 rings (SSSR count). The van der Waals surface area contributed by atoms with Crippen molar-refractivity contribution in [2.45, 2.75) is 401 Å². The number of phosphoric acid groups is 1. The maximum atomic E-state index is 14.3. The van der Waals surface area contributed by atoms with Crippen LogP contribution in [0.1, 0.15) is 297 Å². The molecule has 2 aliphatic heterocycles. The van der Waals surface area contributed by atoms with Gasteiger partial charge in [0, 0.05) is 19.3 Å². The molecular weight excluding hydrogens is 1260 g/mol. The van der Waals surface area contributed by atoms with E-state index in [1.165, 1.54) is 148 Å². The summed E-state index contributed by atoms with van der Waals surface area (Å²) < 4.78 is 65.0. The first-order valence-corrected chi connectivity index (χ1v) is 38.8. The SMILES string of the molecule is CCCCCCCCCCCCCCCCC(=O)OCC1OC(OC2C(O)C(O)C(O)C(OC3OC(CO)C(O)C(O)C3O)C2OP(=O)(O)OCC(COC(=O)CCCCCCCCCCCCCCC)OC(=O)CCCCCCCCCCCCCCC)C(O)C(O)C1O. The molecule has 18 atom stereocenters. The number of aliphatic hydroxyl groups excluding tert-OH is 10. The quantitative estimate of drug-likeness (QED) is 0.0117. The first-order chi connectivity index (χ1) is 45.8. The number of ether oxygens (including phenoxy) is 7. The summed E-state index contributed by atoms with van der Waals surface area (Å²) in [4.78, 5) is 50.9. The zero-order valence-corrected chi connectivity index (χ0v) is 59.1. The van der Waals surface area contributed by atoms with Gasteiger partial charge in [-0.25, -0.2) is 4.57 Å². The van der Waals surface area contributed by atoms with Crippen LogP contribution in [0, 0.1) is 0 Å². The lowest BCUT2D eigenvalue weighted by Crippen LogP contribution is -2.69. The summed E-state index contributed by atoms with van der Waals surface area (Å²) in [6.45, 7) is 3.45. The Bertz CT molecular complexity index is 1980. The van der Waals surface area contributed by atoms with Crippen molar-refractivity contribution in [1.29, 1.82) is 0 Å². The second-order valence-corrected chi connectivity index (χ2v) is 28.4. The average Bonchev–Trinajstić information content (AvgIpc) is 0.764. The van der Waals surface area contributed by atoms with Crippen LogP contribution in [0.5, 0.6) is 0 Å². The number of hydrogen-bond acceptors (Lipinski definition) is 23. The Morgan fingerprint density at radius 1 is 0.368 bits per heavy atom. The molecule has 560 valence electrons. The van der Waals surface area contributed by atoms with Crippen molar-refractivity contribution in [3.8, 4) is 0 Å². The van der Waals surface area contributed by atoms with Crippen molar-refractivity contribution in [3.63, 3.8) is 0 Å². The summed E-state index contributed by atoms with van der Waals surface area (Å²) in [6, 6.07) is 0. The molecule has 95 heavy (non-hydrogen) atoms. The third-order valence-corrected chi connectivity index (χ3v) is 19.6. The maximum absolute atomic E-state index is 14.3. The van der Waals surface area contributed by atoms with Gasteiger partial charge in [-0.3, -0.25) is 23.4 Å². The molecule has 3 fully saturated rings. The van der Waals surface area contributed by atoms with Crippen LogP contribution >= 0.6 is 7.82 Å². The van der Waals surface area contributed by atoms with Crippen LogP contribution in [0.2, 0.25) is 0 Å². The summed E-state index contributed by atoms with van der Waals surface area (Å²) >= 11 is 0. The molecule has 2 heterocycles. The number of esters is 3. The van der Waals surface area contributed by atoms with Crippen molar-refractivity contribution >= 4 is 25.7 Å². The van der Waals surface area contributed by atoms with Gasteiger partial charge in [-0.2, -0.15) is 0 Å². The van der Waals surface area contributed by atoms with Crippen LogP contribution in [-0.4, -0.2) is 204 Å². The number of hydrogen-bond donors (Lipinski definition) is 11. The topological polar surface area (TPSA) is 374 Å². The first kappa shape index (κ1) is 87.2.